The summed E-state index contributed by atoms with van der Waals surface area (Å²) < 4.78 is 0. The van der Waals surface area contributed by atoms with Crippen LogP contribution in [0.25, 0.3) is 0 Å². The quantitative estimate of drug-likeness (QED) is 0.672. The Morgan fingerprint density at radius 3 is 2.86 bits per heavy atom. The second-order valence-electron chi connectivity index (χ2n) is 4.64. The predicted molar refractivity (Wildman–Crippen MR) is 61.2 cm³/mol. The minimum atomic E-state index is 0.752. The van der Waals surface area contributed by atoms with Gasteiger partial charge in [-0.25, -0.2) is 0 Å². The number of hydrogen-bond donors (Lipinski definition) is 1. The molecule has 1 heteroatoms. The maximum Gasteiger partial charge on any atom is 0.0316 e. The van der Waals surface area contributed by atoms with Gasteiger partial charge in [-0.05, 0) is 42.4 Å². The first-order chi connectivity index (χ1) is 6.75. The predicted octanol–water partition coefficient (Wildman–Crippen LogP) is 3.56. The van der Waals surface area contributed by atoms with Gasteiger partial charge in [0.25, 0.3) is 0 Å². The van der Waals surface area contributed by atoms with E-state index in [9.17, 15) is 0 Å². The molecule has 14 heavy (non-hydrogen) atoms. The van der Waals surface area contributed by atoms with E-state index in [-0.39, 0.29) is 0 Å². The summed E-state index contributed by atoms with van der Waals surface area (Å²) in [7, 11) is 0. The molecule has 1 nitrogen and oxygen atoms in total. The van der Waals surface area contributed by atoms with Crippen molar-refractivity contribution < 1.29 is 0 Å². The molecular weight excluding hydrogens is 170 g/mol. The second kappa shape index (κ2) is 4.04. The van der Waals surface area contributed by atoms with Crippen molar-refractivity contribution >= 4 is 5.69 Å². The molecular formula is C13H19N. The summed E-state index contributed by atoms with van der Waals surface area (Å²) in [5.41, 5.74) is 8.14. The van der Waals surface area contributed by atoms with Crippen LogP contribution in [0.2, 0.25) is 0 Å². The fraction of sp³-hybridized carbons (Fsp3) is 0.538. The molecule has 76 valence electrons. The van der Waals surface area contributed by atoms with E-state index in [1.54, 1.807) is 0 Å². The highest BCUT2D eigenvalue weighted by molar-refractivity contribution is 5.41. The van der Waals surface area contributed by atoms with Gasteiger partial charge < -0.3 is 5.73 Å². The van der Waals surface area contributed by atoms with Gasteiger partial charge in [-0.1, -0.05) is 31.9 Å². The summed E-state index contributed by atoms with van der Waals surface area (Å²) in [6.45, 7) is 2.36. The molecule has 1 aromatic carbocycles. The third-order valence-electron chi connectivity index (χ3n) is 3.32. The monoisotopic (exact) mass is 189 g/mol. The van der Waals surface area contributed by atoms with E-state index in [0.29, 0.717) is 0 Å². The van der Waals surface area contributed by atoms with Crippen LogP contribution in [-0.4, -0.2) is 0 Å². The van der Waals surface area contributed by atoms with Gasteiger partial charge in [0.1, 0.15) is 0 Å². The third kappa shape index (κ3) is 2.09. The van der Waals surface area contributed by atoms with Crippen LogP contribution >= 0.6 is 0 Å². The maximum atomic E-state index is 5.80. The van der Waals surface area contributed by atoms with E-state index >= 15 is 0 Å². The van der Waals surface area contributed by atoms with Gasteiger partial charge in [-0.3, -0.25) is 0 Å². The number of benzene rings is 1. The Bertz CT molecular complexity index is 306. The number of nitrogens with two attached hydrogens (primary N) is 1. The number of rotatable bonds is 1. The average Bonchev–Trinajstić information content (AvgIpc) is 2.18. The molecule has 0 heterocycles. The van der Waals surface area contributed by atoms with Crippen molar-refractivity contribution in [2.24, 2.45) is 5.92 Å². The molecule has 0 saturated heterocycles. The summed E-state index contributed by atoms with van der Waals surface area (Å²) in [5.74, 6) is 1.64. The second-order valence-corrected chi connectivity index (χ2v) is 4.64. The molecule has 2 rings (SSSR count). The molecule has 0 aromatic heterocycles. The van der Waals surface area contributed by atoms with E-state index in [2.05, 4.69) is 25.1 Å². The molecule has 0 amide bonds. The van der Waals surface area contributed by atoms with Crippen molar-refractivity contribution in [3.05, 3.63) is 29.8 Å². The molecule has 1 fully saturated rings. The number of hydrogen-bond acceptors (Lipinski definition) is 1. The Labute approximate surface area is 86.3 Å². The van der Waals surface area contributed by atoms with Crippen LogP contribution in [0, 0.1) is 5.92 Å². The molecule has 0 spiro atoms. The van der Waals surface area contributed by atoms with Gasteiger partial charge >= 0.3 is 0 Å². The van der Waals surface area contributed by atoms with E-state index < -0.39 is 0 Å². The van der Waals surface area contributed by atoms with E-state index in [1.165, 1.54) is 31.2 Å². The summed E-state index contributed by atoms with van der Waals surface area (Å²) in [5, 5.41) is 0. The smallest absolute Gasteiger partial charge is 0.0316 e. The zero-order valence-corrected chi connectivity index (χ0v) is 8.87. The fourth-order valence-corrected chi connectivity index (χ4v) is 2.55. The lowest BCUT2D eigenvalue weighted by atomic mass is 9.79. The summed E-state index contributed by atoms with van der Waals surface area (Å²) in [6.07, 6.45) is 5.46. The summed E-state index contributed by atoms with van der Waals surface area (Å²) >= 11 is 0. The Morgan fingerprint density at radius 1 is 1.29 bits per heavy atom. The van der Waals surface area contributed by atoms with Crippen molar-refractivity contribution in [2.75, 3.05) is 5.73 Å². The molecule has 1 aliphatic carbocycles. The van der Waals surface area contributed by atoms with Crippen LogP contribution < -0.4 is 5.73 Å². The zero-order valence-electron chi connectivity index (χ0n) is 8.87. The lowest BCUT2D eigenvalue weighted by Gasteiger charge is -2.27. The molecule has 1 aliphatic rings. The van der Waals surface area contributed by atoms with Crippen molar-refractivity contribution in [1.82, 2.24) is 0 Å². The molecule has 0 bridgehead atoms. The molecule has 2 atom stereocenters. The van der Waals surface area contributed by atoms with Crippen LogP contribution in [0.15, 0.2) is 24.3 Å². The maximum absolute atomic E-state index is 5.80. The van der Waals surface area contributed by atoms with Gasteiger partial charge in [0.2, 0.25) is 0 Å². The topological polar surface area (TPSA) is 26.0 Å². The third-order valence-corrected chi connectivity index (χ3v) is 3.32. The van der Waals surface area contributed by atoms with Crippen LogP contribution in [-0.2, 0) is 0 Å². The Morgan fingerprint density at radius 2 is 2.14 bits per heavy atom. The van der Waals surface area contributed by atoms with Crippen molar-refractivity contribution in [3.8, 4) is 0 Å². The highest BCUT2D eigenvalue weighted by atomic mass is 14.5. The molecule has 0 aliphatic heterocycles. The number of anilines is 1. The molecule has 1 aromatic rings. The Hall–Kier alpha value is -0.980. The molecule has 0 unspecified atom stereocenters. The van der Waals surface area contributed by atoms with Crippen LogP contribution in [0.4, 0.5) is 5.69 Å². The molecule has 0 radical (unpaired) electrons. The Balaban J connectivity index is 2.14. The zero-order chi connectivity index (χ0) is 9.97. The first-order valence-electron chi connectivity index (χ1n) is 5.61. The van der Waals surface area contributed by atoms with Gasteiger partial charge in [-0.2, -0.15) is 0 Å². The van der Waals surface area contributed by atoms with Gasteiger partial charge in [0, 0.05) is 5.69 Å². The highest BCUT2D eigenvalue weighted by Gasteiger charge is 2.20. The van der Waals surface area contributed by atoms with E-state index in [1.807, 2.05) is 6.07 Å². The number of nitrogen functional groups attached to an aromatic ring is 1. The standard InChI is InChI=1S/C13H19N/c1-10-4-2-5-11(8-10)12-6-3-7-13(14)9-12/h3,6-7,9-11H,2,4-5,8,14H2,1H3/t10-,11+/m1/s1. The SMILES string of the molecule is C[C@@H]1CCC[C@H](c2cccc(N)c2)C1. The van der Waals surface area contributed by atoms with Gasteiger partial charge in [-0.15, -0.1) is 0 Å². The first kappa shape index (κ1) is 9.57. The molecule has 2 N–H and O–H groups in total. The molecule has 1 saturated carbocycles. The lowest BCUT2D eigenvalue weighted by Crippen LogP contribution is -2.11. The van der Waals surface area contributed by atoms with Crippen molar-refractivity contribution in [1.29, 1.82) is 0 Å². The van der Waals surface area contributed by atoms with E-state index in [4.69, 9.17) is 5.73 Å². The highest BCUT2D eigenvalue weighted by Crippen LogP contribution is 2.36. The van der Waals surface area contributed by atoms with Crippen LogP contribution in [0.5, 0.6) is 0 Å². The normalized spacial score (nSPS) is 27.5. The van der Waals surface area contributed by atoms with E-state index in [0.717, 1.165) is 17.5 Å². The summed E-state index contributed by atoms with van der Waals surface area (Å²) in [6, 6.07) is 8.40. The fourth-order valence-electron chi connectivity index (χ4n) is 2.55. The first-order valence-corrected chi connectivity index (χ1v) is 5.61. The Kier molecular flexibility index (Phi) is 2.76. The van der Waals surface area contributed by atoms with Crippen molar-refractivity contribution in [2.45, 2.75) is 38.5 Å². The van der Waals surface area contributed by atoms with Crippen molar-refractivity contribution in [3.63, 3.8) is 0 Å². The van der Waals surface area contributed by atoms with Gasteiger partial charge in [0.15, 0.2) is 0 Å². The average molecular weight is 189 g/mol. The van der Waals surface area contributed by atoms with Crippen LogP contribution in [0.3, 0.4) is 0 Å². The van der Waals surface area contributed by atoms with Crippen LogP contribution in [0.1, 0.15) is 44.1 Å². The minimum Gasteiger partial charge on any atom is -0.399 e. The lowest BCUT2D eigenvalue weighted by molar-refractivity contribution is 0.344. The summed E-state index contributed by atoms with van der Waals surface area (Å²) in [4.78, 5) is 0. The minimum absolute atomic E-state index is 0.752. The van der Waals surface area contributed by atoms with Gasteiger partial charge in [0.05, 0.1) is 0 Å². The largest absolute Gasteiger partial charge is 0.399 e.